The van der Waals surface area contributed by atoms with Gasteiger partial charge in [0.15, 0.2) is 0 Å². The van der Waals surface area contributed by atoms with Crippen LogP contribution in [0, 0.1) is 11.6 Å². The number of hydrogen-bond donors (Lipinski definition) is 1. The summed E-state index contributed by atoms with van der Waals surface area (Å²) in [6.45, 7) is 1.46. The second-order valence-corrected chi connectivity index (χ2v) is 5.68. The Kier molecular flexibility index (Phi) is 3.54. The monoisotopic (exact) mass is 267 g/mol. The summed E-state index contributed by atoms with van der Waals surface area (Å²) in [6, 6.07) is 3.64. The fourth-order valence-electron chi connectivity index (χ4n) is 3.25. The fourth-order valence-corrected chi connectivity index (χ4v) is 3.25. The Morgan fingerprint density at radius 2 is 1.74 bits per heavy atom. The molecule has 1 aromatic rings. The minimum atomic E-state index is -0.540. The highest BCUT2D eigenvalue weighted by Crippen LogP contribution is 2.38. The third-order valence-corrected chi connectivity index (χ3v) is 4.19. The van der Waals surface area contributed by atoms with Crippen LogP contribution in [-0.4, -0.2) is 18.7 Å². The molecule has 0 aromatic heterocycles. The minimum Gasteiger partial charge on any atom is -0.364 e. The van der Waals surface area contributed by atoms with Gasteiger partial charge in [0.05, 0.1) is 11.7 Å². The van der Waals surface area contributed by atoms with Crippen LogP contribution in [0.4, 0.5) is 8.78 Å². The van der Waals surface area contributed by atoms with Crippen molar-refractivity contribution in [2.75, 3.05) is 13.1 Å². The number of morpholine rings is 1. The van der Waals surface area contributed by atoms with Crippen LogP contribution in [0.25, 0.3) is 0 Å². The molecule has 1 spiro atoms. The van der Waals surface area contributed by atoms with Crippen LogP contribution in [0.5, 0.6) is 0 Å². The van der Waals surface area contributed by atoms with Crippen molar-refractivity contribution >= 4 is 0 Å². The van der Waals surface area contributed by atoms with Gasteiger partial charge in [-0.3, -0.25) is 0 Å². The van der Waals surface area contributed by atoms with Crippen LogP contribution in [0.3, 0.4) is 0 Å². The standard InChI is InChI=1S/C15H19F2NO/c16-12-6-11(7-13(17)8-12)14-9-18-10-15(19-14)4-2-1-3-5-15/h6-8,14,18H,1-5,9-10H2. The van der Waals surface area contributed by atoms with E-state index in [1.54, 1.807) is 0 Å². The average Bonchev–Trinajstić information content (AvgIpc) is 2.38. The van der Waals surface area contributed by atoms with Crippen molar-refractivity contribution in [3.05, 3.63) is 35.4 Å². The average molecular weight is 267 g/mol. The molecule has 0 bridgehead atoms. The van der Waals surface area contributed by atoms with Crippen LogP contribution in [0.1, 0.15) is 43.8 Å². The zero-order valence-corrected chi connectivity index (χ0v) is 10.9. The summed E-state index contributed by atoms with van der Waals surface area (Å²) < 4.78 is 32.8. The van der Waals surface area contributed by atoms with Crippen molar-refractivity contribution in [1.29, 1.82) is 0 Å². The lowest BCUT2D eigenvalue weighted by molar-refractivity contribution is -0.135. The van der Waals surface area contributed by atoms with E-state index in [-0.39, 0.29) is 11.7 Å². The second-order valence-electron chi connectivity index (χ2n) is 5.68. The highest BCUT2D eigenvalue weighted by Gasteiger charge is 2.38. The molecule has 1 saturated carbocycles. The van der Waals surface area contributed by atoms with Crippen molar-refractivity contribution in [3.8, 4) is 0 Å². The van der Waals surface area contributed by atoms with Crippen LogP contribution in [0.2, 0.25) is 0 Å². The van der Waals surface area contributed by atoms with Gasteiger partial charge in [0.25, 0.3) is 0 Å². The Balaban J connectivity index is 1.80. The number of rotatable bonds is 1. The molecule has 1 N–H and O–H groups in total. The maximum Gasteiger partial charge on any atom is 0.126 e. The van der Waals surface area contributed by atoms with Gasteiger partial charge in [0, 0.05) is 19.2 Å². The van der Waals surface area contributed by atoms with Crippen molar-refractivity contribution in [1.82, 2.24) is 5.32 Å². The summed E-state index contributed by atoms with van der Waals surface area (Å²) >= 11 is 0. The fraction of sp³-hybridized carbons (Fsp3) is 0.600. The van der Waals surface area contributed by atoms with Crippen molar-refractivity contribution < 1.29 is 13.5 Å². The minimum absolute atomic E-state index is 0.135. The first-order chi connectivity index (χ1) is 9.17. The number of ether oxygens (including phenoxy) is 1. The van der Waals surface area contributed by atoms with Gasteiger partial charge in [0.1, 0.15) is 11.6 Å². The van der Waals surface area contributed by atoms with E-state index >= 15 is 0 Å². The smallest absolute Gasteiger partial charge is 0.126 e. The molecular formula is C15H19F2NO. The molecule has 1 atom stereocenters. The van der Waals surface area contributed by atoms with E-state index in [2.05, 4.69) is 5.32 Å². The Morgan fingerprint density at radius 3 is 2.42 bits per heavy atom. The predicted octanol–water partition coefficient (Wildman–Crippen LogP) is 3.33. The van der Waals surface area contributed by atoms with Gasteiger partial charge in [-0.05, 0) is 30.5 Å². The molecule has 0 amide bonds. The lowest BCUT2D eigenvalue weighted by Crippen LogP contribution is -2.51. The third-order valence-electron chi connectivity index (χ3n) is 4.19. The summed E-state index contributed by atoms with van der Waals surface area (Å²) in [4.78, 5) is 0. The topological polar surface area (TPSA) is 21.3 Å². The first kappa shape index (κ1) is 13.0. The van der Waals surface area contributed by atoms with Gasteiger partial charge in [-0.1, -0.05) is 19.3 Å². The normalized spacial score (nSPS) is 26.5. The van der Waals surface area contributed by atoms with Crippen LogP contribution in [-0.2, 0) is 4.74 Å². The first-order valence-electron chi connectivity index (χ1n) is 7.01. The van der Waals surface area contributed by atoms with Crippen molar-refractivity contribution in [3.63, 3.8) is 0 Å². The Bertz CT molecular complexity index is 432. The molecular weight excluding hydrogens is 248 g/mol. The Labute approximate surface area is 112 Å². The highest BCUT2D eigenvalue weighted by atomic mass is 19.1. The van der Waals surface area contributed by atoms with Gasteiger partial charge in [-0.2, -0.15) is 0 Å². The third kappa shape index (κ3) is 2.79. The number of hydrogen-bond acceptors (Lipinski definition) is 2. The SMILES string of the molecule is Fc1cc(F)cc(C2CNCC3(CCCCC3)O2)c1. The molecule has 2 aliphatic rings. The van der Waals surface area contributed by atoms with Gasteiger partial charge in [0.2, 0.25) is 0 Å². The highest BCUT2D eigenvalue weighted by molar-refractivity contribution is 5.21. The van der Waals surface area contributed by atoms with Crippen LogP contribution >= 0.6 is 0 Å². The van der Waals surface area contributed by atoms with Gasteiger partial charge in [-0.25, -0.2) is 8.78 Å². The van der Waals surface area contributed by atoms with Crippen molar-refractivity contribution in [2.45, 2.75) is 43.8 Å². The molecule has 1 heterocycles. The van der Waals surface area contributed by atoms with E-state index in [0.717, 1.165) is 25.5 Å². The van der Waals surface area contributed by atoms with E-state index < -0.39 is 11.6 Å². The lowest BCUT2D eigenvalue weighted by atomic mass is 9.83. The van der Waals surface area contributed by atoms with Gasteiger partial charge in [-0.15, -0.1) is 0 Å². The molecule has 1 aliphatic heterocycles. The second kappa shape index (κ2) is 5.17. The maximum atomic E-state index is 13.3. The maximum absolute atomic E-state index is 13.3. The Morgan fingerprint density at radius 1 is 1.05 bits per heavy atom. The quantitative estimate of drug-likeness (QED) is 0.842. The van der Waals surface area contributed by atoms with Crippen molar-refractivity contribution in [2.24, 2.45) is 0 Å². The summed E-state index contributed by atoms with van der Waals surface area (Å²) in [5.74, 6) is -1.08. The molecule has 1 aliphatic carbocycles. The summed E-state index contributed by atoms with van der Waals surface area (Å²) in [6.07, 6.45) is 5.42. The first-order valence-corrected chi connectivity index (χ1v) is 7.01. The number of nitrogens with one attached hydrogen (secondary N) is 1. The summed E-state index contributed by atoms with van der Waals surface area (Å²) in [5.41, 5.74) is 0.457. The Hall–Kier alpha value is -1.00. The number of benzene rings is 1. The molecule has 1 unspecified atom stereocenters. The molecule has 1 aromatic carbocycles. The van der Waals surface area contributed by atoms with E-state index in [1.807, 2.05) is 0 Å². The zero-order valence-electron chi connectivity index (χ0n) is 10.9. The van der Waals surface area contributed by atoms with E-state index in [1.165, 1.54) is 31.4 Å². The molecule has 3 rings (SSSR count). The summed E-state index contributed by atoms with van der Waals surface area (Å²) in [5, 5.41) is 3.36. The summed E-state index contributed by atoms with van der Waals surface area (Å²) in [7, 11) is 0. The van der Waals surface area contributed by atoms with Gasteiger partial charge < -0.3 is 10.1 Å². The molecule has 104 valence electrons. The molecule has 2 fully saturated rings. The van der Waals surface area contributed by atoms with Gasteiger partial charge >= 0.3 is 0 Å². The van der Waals surface area contributed by atoms with E-state index in [9.17, 15) is 8.78 Å². The molecule has 0 radical (unpaired) electrons. The molecule has 19 heavy (non-hydrogen) atoms. The zero-order chi connectivity index (χ0) is 13.3. The van der Waals surface area contributed by atoms with E-state index in [0.29, 0.717) is 12.1 Å². The van der Waals surface area contributed by atoms with Crippen LogP contribution in [0.15, 0.2) is 18.2 Å². The molecule has 1 saturated heterocycles. The molecule has 4 heteroatoms. The van der Waals surface area contributed by atoms with E-state index in [4.69, 9.17) is 4.74 Å². The predicted molar refractivity (Wildman–Crippen MR) is 68.9 cm³/mol. The largest absolute Gasteiger partial charge is 0.364 e. The molecule has 2 nitrogen and oxygen atoms in total. The number of halogens is 2. The van der Waals surface area contributed by atoms with Crippen LogP contribution < -0.4 is 5.32 Å². The lowest BCUT2D eigenvalue weighted by Gasteiger charge is -2.44.